The molecule has 1 aromatic carbocycles. The van der Waals surface area contributed by atoms with Crippen molar-refractivity contribution in [3.8, 4) is 11.5 Å². The lowest BCUT2D eigenvalue weighted by Gasteiger charge is -2.22. The number of aromatic nitrogens is 4. The molecule has 1 fully saturated rings. The average molecular weight is 482 g/mol. The third-order valence-corrected chi connectivity index (χ3v) is 6.99. The number of aliphatic hydroxyl groups excluding tert-OH is 2. The van der Waals surface area contributed by atoms with E-state index in [0.29, 0.717) is 12.2 Å². The van der Waals surface area contributed by atoms with Gasteiger partial charge in [0.25, 0.3) is 0 Å². The fourth-order valence-electron chi connectivity index (χ4n) is 4.73. The molecule has 1 aliphatic carbocycles. The predicted octanol–water partition coefficient (Wildman–Crippen LogP) is 3.50. The number of nitrogens with two attached hydrogens (primary N) is 1. The smallest absolute Gasteiger partial charge is 0.160 e. The zero-order valence-corrected chi connectivity index (χ0v) is 18.7. The van der Waals surface area contributed by atoms with Crippen molar-refractivity contribution in [2.45, 2.75) is 44.4 Å². The third-order valence-electron chi connectivity index (χ3n) is 6.35. The highest BCUT2D eigenvalue weighted by Crippen LogP contribution is 2.40. The van der Waals surface area contributed by atoms with Crippen molar-refractivity contribution in [1.82, 2.24) is 19.5 Å². The van der Waals surface area contributed by atoms with Crippen LogP contribution >= 0.6 is 15.9 Å². The van der Waals surface area contributed by atoms with Gasteiger partial charge in [-0.25, -0.2) is 15.0 Å². The van der Waals surface area contributed by atoms with E-state index in [0.717, 1.165) is 50.9 Å². The Kier molecular flexibility index (Phi) is 5.16. The number of rotatable bonds is 4. The molecule has 0 unspecified atom stereocenters. The molecule has 1 saturated carbocycles. The number of nitrogens with zero attached hydrogens (tertiary/aromatic N) is 4. The second-order valence-corrected chi connectivity index (χ2v) is 9.33. The van der Waals surface area contributed by atoms with Crippen LogP contribution in [0, 0.1) is 12.8 Å². The number of hydrogen-bond donors (Lipinski definition) is 3. The first kappa shape index (κ1) is 20.4. The minimum absolute atomic E-state index is 0.00960. The van der Waals surface area contributed by atoms with Crippen LogP contribution < -0.4 is 5.73 Å². The third kappa shape index (κ3) is 3.69. The Bertz CT molecular complexity index is 1230. The summed E-state index contributed by atoms with van der Waals surface area (Å²) in [5.41, 5.74) is 9.77. The van der Waals surface area contributed by atoms with Gasteiger partial charge in [0.1, 0.15) is 23.9 Å². The van der Waals surface area contributed by atoms with Crippen molar-refractivity contribution in [2.75, 3.05) is 5.73 Å². The highest BCUT2D eigenvalue weighted by molar-refractivity contribution is 9.10. The summed E-state index contributed by atoms with van der Waals surface area (Å²) in [7, 11) is 0. The van der Waals surface area contributed by atoms with E-state index >= 15 is 0 Å². The Balaban J connectivity index is 1.34. The normalized spacial score (nSPS) is 23.7. The monoisotopic (exact) mass is 481 g/mol. The average Bonchev–Trinajstić information content (AvgIpc) is 3.32. The lowest BCUT2D eigenvalue weighted by molar-refractivity contribution is 0.00499. The number of aryl methyl sites for hydroxylation is 2. The van der Waals surface area contributed by atoms with E-state index in [-0.39, 0.29) is 12.0 Å². The Hall–Kier alpha value is -2.55. The summed E-state index contributed by atoms with van der Waals surface area (Å²) in [6.45, 7) is 2.00. The van der Waals surface area contributed by atoms with Crippen LogP contribution in [0.15, 0.2) is 47.3 Å². The summed E-state index contributed by atoms with van der Waals surface area (Å²) in [4.78, 5) is 13.1. The molecule has 0 radical (unpaired) electrons. The SMILES string of the molecule is Cc1cc2ncnc-2n([C@@H]2C[C@H](CCc3ccc4cc(Br)c(N)nc4c3)[C@@H](O)[C@H]2O)c1. The van der Waals surface area contributed by atoms with Crippen molar-refractivity contribution in [3.63, 3.8) is 0 Å². The minimum atomic E-state index is -0.841. The number of pyridine rings is 2. The van der Waals surface area contributed by atoms with Crippen LogP contribution in [0.25, 0.3) is 22.4 Å². The topological polar surface area (TPSA) is 110 Å². The minimum Gasteiger partial charge on any atom is -0.390 e. The molecular formula is C23H24BrN5O2. The zero-order valence-electron chi connectivity index (χ0n) is 17.1. The van der Waals surface area contributed by atoms with E-state index < -0.39 is 12.2 Å². The summed E-state index contributed by atoms with van der Waals surface area (Å²) in [6.07, 6.45) is 4.15. The molecule has 8 heteroatoms. The molecule has 3 heterocycles. The van der Waals surface area contributed by atoms with Gasteiger partial charge in [-0.1, -0.05) is 12.1 Å². The first-order chi connectivity index (χ1) is 14.9. The molecule has 5 rings (SSSR count). The summed E-state index contributed by atoms with van der Waals surface area (Å²) in [6, 6.07) is 9.89. The van der Waals surface area contributed by atoms with Crippen molar-refractivity contribution in [3.05, 3.63) is 58.5 Å². The van der Waals surface area contributed by atoms with Crippen LogP contribution in [0.3, 0.4) is 0 Å². The fraction of sp³-hybridized carbons (Fsp3) is 0.348. The van der Waals surface area contributed by atoms with Gasteiger partial charge in [-0.2, -0.15) is 0 Å². The summed E-state index contributed by atoms with van der Waals surface area (Å²) >= 11 is 3.41. The maximum absolute atomic E-state index is 10.8. The van der Waals surface area contributed by atoms with E-state index in [2.05, 4.69) is 36.9 Å². The van der Waals surface area contributed by atoms with Gasteiger partial charge < -0.3 is 20.5 Å². The number of imidazole rings is 1. The van der Waals surface area contributed by atoms with E-state index in [1.807, 2.05) is 42.0 Å². The fourth-order valence-corrected chi connectivity index (χ4v) is 5.06. The molecule has 31 heavy (non-hydrogen) atoms. The number of halogens is 1. The molecule has 0 bridgehead atoms. The molecule has 2 aromatic rings. The molecule has 4 N–H and O–H groups in total. The highest BCUT2D eigenvalue weighted by Gasteiger charge is 2.42. The quantitative estimate of drug-likeness (QED) is 0.411. The highest BCUT2D eigenvalue weighted by atomic mass is 79.9. The van der Waals surface area contributed by atoms with Crippen LogP contribution in [-0.4, -0.2) is 41.9 Å². The van der Waals surface area contributed by atoms with Crippen molar-refractivity contribution < 1.29 is 10.2 Å². The molecular weight excluding hydrogens is 458 g/mol. The first-order valence-electron chi connectivity index (χ1n) is 10.4. The molecule has 4 atom stereocenters. The molecule has 0 saturated heterocycles. The summed E-state index contributed by atoms with van der Waals surface area (Å²) < 4.78 is 2.77. The number of hydrogen-bond acceptors (Lipinski definition) is 6. The molecule has 2 aliphatic heterocycles. The van der Waals surface area contributed by atoms with Gasteiger partial charge in [-0.05, 0) is 77.4 Å². The summed E-state index contributed by atoms with van der Waals surface area (Å²) in [5, 5.41) is 22.6. The van der Waals surface area contributed by atoms with Gasteiger partial charge in [-0.3, -0.25) is 0 Å². The molecule has 7 nitrogen and oxygen atoms in total. The van der Waals surface area contributed by atoms with E-state index in [9.17, 15) is 10.2 Å². The molecule has 3 aliphatic rings. The lowest BCUT2D eigenvalue weighted by atomic mass is 9.95. The number of fused-ring (bicyclic) bond motifs is 2. The lowest BCUT2D eigenvalue weighted by Crippen LogP contribution is -2.30. The molecule has 0 amide bonds. The van der Waals surface area contributed by atoms with Gasteiger partial charge in [0.2, 0.25) is 0 Å². The Morgan fingerprint density at radius 1 is 1.16 bits per heavy atom. The molecule has 160 valence electrons. The van der Waals surface area contributed by atoms with E-state index in [4.69, 9.17) is 5.73 Å². The Morgan fingerprint density at radius 3 is 2.84 bits per heavy atom. The van der Waals surface area contributed by atoms with Crippen molar-refractivity contribution in [1.29, 1.82) is 0 Å². The van der Waals surface area contributed by atoms with Crippen molar-refractivity contribution in [2.24, 2.45) is 5.92 Å². The van der Waals surface area contributed by atoms with E-state index in [1.165, 1.54) is 6.33 Å². The van der Waals surface area contributed by atoms with Gasteiger partial charge in [0, 0.05) is 11.6 Å². The second-order valence-electron chi connectivity index (χ2n) is 8.47. The zero-order chi connectivity index (χ0) is 21.7. The second kappa shape index (κ2) is 7.85. The number of benzene rings is 1. The first-order valence-corrected chi connectivity index (χ1v) is 11.2. The van der Waals surface area contributed by atoms with Gasteiger partial charge >= 0.3 is 0 Å². The predicted molar refractivity (Wildman–Crippen MR) is 123 cm³/mol. The van der Waals surface area contributed by atoms with Crippen LogP contribution in [0.4, 0.5) is 5.82 Å². The number of aliphatic hydroxyl groups is 2. The molecule has 0 spiro atoms. The summed E-state index contributed by atoms with van der Waals surface area (Å²) in [5.74, 6) is 1.20. The van der Waals surface area contributed by atoms with Crippen LogP contribution in [0.2, 0.25) is 0 Å². The van der Waals surface area contributed by atoms with Gasteiger partial charge in [-0.15, -0.1) is 0 Å². The van der Waals surface area contributed by atoms with E-state index in [1.54, 1.807) is 0 Å². The standard InChI is InChI=1S/C23H24BrN5O2/c1-12-6-18-23(27-11-26-18)29(10-12)19-9-15(20(30)21(19)31)5-3-13-2-4-14-8-16(24)22(25)28-17(14)7-13/h2,4,6-8,10-11,15,19-21,30-31H,3,5,9H2,1H3,(H2,25,28)/t15-,19+,20+,21-/m0/s1. The van der Waals surface area contributed by atoms with Gasteiger partial charge in [0.05, 0.1) is 22.1 Å². The Morgan fingerprint density at radius 2 is 2.00 bits per heavy atom. The maximum Gasteiger partial charge on any atom is 0.160 e. The van der Waals surface area contributed by atoms with Crippen molar-refractivity contribution >= 4 is 32.7 Å². The molecule has 1 aromatic heterocycles. The van der Waals surface area contributed by atoms with Crippen LogP contribution in [0.5, 0.6) is 0 Å². The van der Waals surface area contributed by atoms with Crippen LogP contribution in [-0.2, 0) is 6.42 Å². The van der Waals surface area contributed by atoms with Gasteiger partial charge in [0.15, 0.2) is 5.82 Å². The van der Waals surface area contributed by atoms with Crippen LogP contribution in [0.1, 0.15) is 30.0 Å². The number of nitrogen functional groups attached to an aromatic ring is 1. The Labute approximate surface area is 188 Å². The largest absolute Gasteiger partial charge is 0.390 e. The maximum atomic E-state index is 10.8. The number of anilines is 1.